The van der Waals surface area contributed by atoms with Gasteiger partial charge in [-0.25, -0.2) is 4.79 Å². The first kappa shape index (κ1) is 49.6. The molecule has 0 aromatic heterocycles. The average molecular weight is 839 g/mol. The topological polar surface area (TPSA) is 179 Å². The Morgan fingerprint density at radius 3 is 2.12 bits per heavy atom. The fourth-order valence-corrected chi connectivity index (χ4v) is 8.15. The number of likely N-dealkylation sites (N-methyl/N-ethyl adjacent to an activating group) is 2. The Bertz CT molecular complexity index is 1680. The third-order valence-corrected chi connectivity index (χ3v) is 11.9. The first-order chi connectivity index (χ1) is 28.5. The molecule has 0 saturated carbocycles. The molecule has 4 N–H and O–H groups in total. The number of nitrogens with one attached hydrogen (secondary N) is 3. The molecule has 15 nitrogen and oxygen atoms in total. The molecule has 60 heavy (non-hydrogen) atoms. The highest BCUT2D eigenvalue weighted by atomic mass is 16.6. The number of anilines is 1. The Hall–Kier alpha value is -4.73. The minimum Gasteiger partial charge on any atom is -0.445 e. The summed E-state index contributed by atoms with van der Waals surface area (Å²) in [7, 11) is 8.01. The van der Waals surface area contributed by atoms with E-state index in [0.717, 1.165) is 17.7 Å². The van der Waals surface area contributed by atoms with Crippen LogP contribution in [0.2, 0.25) is 0 Å². The molecule has 1 aliphatic rings. The summed E-state index contributed by atoms with van der Waals surface area (Å²) in [6.45, 7) is 11.3. The zero-order valence-electron chi connectivity index (χ0n) is 37.5. The van der Waals surface area contributed by atoms with Crippen molar-refractivity contribution in [3.05, 3.63) is 65.7 Å². The van der Waals surface area contributed by atoms with Crippen LogP contribution in [-0.4, -0.2) is 134 Å². The number of carbonyl (C=O) groups is 5. The number of likely N-dealkylation sites (tertiary alicyclic amines) is 1. The number of carbonyl (C=O) groups excluding carboxylic acids is 5. The molecule has 1 saturated heterocycles. The Morgan fingerprint density at radius 2 is 1.55 bits per heavy atom. The van der Waals surface area contributed by atoms with E-state index in [2.05, 4.69) is 16.0 Å². The fourth-order valence-electron chi connectivity index (χ4n) is 8.15. The molecule has 1 fully saturated rings. The van der Waals surface area contributed by atoms with Crippen LogP contribution in [0, 0.1) is 17.8 Å². The van der Waals surface area contributed by atoms with Gasteiger partial charge in [-0.2, -0.15) is 0 Å². The number of hydrogen-bond donors (Lipinski definition) is 4. The smallest absolute Gasteiger partial charge is 0.410 e. The van der Waals surface area contributed by atoms with Gasteiger partial charge >= 0.3 is 6.09 Å². The second-order valence-corrected chi connectivity index (χ2v) is 16.3. The molecular weight excluding hydrogens is 769 g/mol. The molecular formula is C45H70N6O9. The van der Waals surface area contributed by atoms with Crippen LogP contribution in [0.3, 0.4) is 0 Å². The van der Waals surface area contributed by atoms with E-state index in [-0.39, 0.29) is 55.2 Å². The first-order valence-corrected chi connectivity index (χ1v) is 21.1. The molecule has 1 heterocycles. The molecule has 3 unspecified atom stereocenters. The van der Waals surface area contributed by atoms with Gasteiger partial charge in [-0.05, 0) is 54.9 Å². The average Bonchev–Trinajstić information content (AvgIpc) is 3.74. The number of aliphatic hydroxyl groups excluding tert-OH is 1. The highest BCUT2D eigenvalue weighted by molar-refractivity contribution is 5.89. The number of hydrogen-bond acceptors (Lipinski definition) is 10. The van der Waals surface area contributed by atoms with Crippen molar-refractivity contribution in [1.82, 2.24) is 25.3 Å². The number of ether oxygens (including phenoxy) is 3. The number of nitrogens with zero attached hydrogens (tertiary/aromatic N) is 3. The molecule has 2 aromatic rings. The van der Waals surface area contributed by atoms with Gasteiger partial charge < -0.3 is 45.1 Å². The molecule has 0 bridgehead atoms. The Kier molecular flexibility index (Phi) is 19.8. The summed E-state index contributed by atoms with van der Waals surface area (Å²) in [6, 6.07) is 14.2. The van der Waals surface area contributed by atoms with E-state index in [9.17, 15) is 29.1 Å². The van der Waals surface area contributed by atoms with Gasteiger partial charge in [-0.3, -0.25) is 24.1 Å². The third-order valence-electron chi connectivity index (χ3n) is 11.9. The Morgan fingerprint density at radius 1 is 0.900 bits per heavy atom. The van der Waals surface area contributed by atoms with Crippen molar-refractivity contribution in [3.8, 4) is 0 Å². The van der Waals surface area contributed by atoms with Crippen molar-refractivity contribution in [2.24, 2.45) is 17.8 Å². The van der Waals surface area contributed by atoms with Gasteiger partial charge in [-0.15, -0.1) is 0 Å². The lowest BCUT2D eigenvalue weighted by Crippen LogP contribution is -2.56. The SMILES string of the molecule is CC[C@H](C)C(C(CC(=O)N1CCC[C@H]1[C@H](OC)[C@@H](C)C(=O)N[C@H](C)[C@@H](O)c1ccccc1)OC)N(C)C(=O)CNC(=O)C(C(C)C)N(C)C(=O)OCc1ccc(NC)cc1. The molecule has 0 spiro atoms. The summed E-state index contributed by atoms with van der Waals surface area (Å²) in [5.74, 6) is -2.36. The molecule has 2 aromatic carbocycles. The van der Waals surface area contributed by atoms with E-state index in [1.165, 1.54) is 31.1 Å². The van der Waals surface area contributed by atoms with Crippen molar-refractivity contribution < 1.29 is 43.3 Å². The summed E-state index contributed by atoms with van der Waals surface area (Å²) < 4.78 is 17.4. The monoisotopic (exact) mass is 839 g/mol. The normalized spacial score (nSPS) is 17.9. The number of methoxy groups -OCH3 is 2. The van der Waals surface area contributed by atoms with Crippen LogP contribution in [0.1, 0.15) is 84.5 Å². The third kappa shape index (κ3) is 13.1. The highest BCUT2D eigenvalue weighted by Crippen LogP contribution is 2.30. The van der Waals surface area contributed by atoms with Crippen LogP contribution in [0.4, 0.5) is 10.5 Å². The zero-order chi connectivity index (χ0) is 44.7. The number of benzene rings is 2. The number of amides is 5. The van der Waals surface area contributed by atoms with Crippen molar-refractivity contribution >= 4 is 35.4 Å². The van der Waals surface area contributed by atoms with E-state index in [0.29, 0.717) is 24.9 Å². The summed E-state index contributed by atoms with van der Waals surface area (Å²) in [4.78, 5) is 72.5. The number of aliphatic hydroxyl groups is 1. The van der Waals surface area contributed by atoms with E-state index in [1.807, 2.05) is 77.2 Å². The van der Waals surface area contributed by atoms with Crippen molar-refractivity contribution in [3.63, 3.8) is 0 Å². The van der Waals surface area contributed by atoms with Gasteiger partial charge in [0.25, 0.3) is 0 Å². The lowest BCUT2D eigenvalue weighted by atomic mass is 9.90. The minimum atomic E-state index is -0.903. The van der Waals surface area contributed by atoms with E-state index < -0.39 is 54.4 Å². The lowest BCUT2D eigenvalue weighted by Gasteiger charge is -2.39. The van der Waals surface area contributed by atoms with Gasteiger partial charge in [0.05, 0.1) is 55.3 Å². The predicted octanol–water partition coefficient (Wildman–Crippen LogP) is 4.60. The van der Waals surface area contributed by atoms with Crippen LogP contribution < -0.4 is 16.0 Å². The highest BCUT2D eigenvalue weighted by Gasteiger charge is 2.42. The lowest BCUT2D eigenvalue weighted by molar-refractivity contribution is -0.146. The van der Waals surface area contributed by atoms with E-state index in [4.69, 9.17) is 14.2 Å². The Balaban J connectivity index is 1.65. The maximum absolute atomic E-state index is 14.1. The predicted molar refractivity (Wildman–Crippen MR) is 231 cm³/mol. The maximum atomic E-state index is 14.1. The Labute approximate surface area is 356 Å². The van der Waals surface area contributed by atoms with Gasteiger partial charge in [0.1, 0.15) is 12.6 Å². The van der Waals surface area contributed by atoms with Gasteiger partial charge in [0, 0.05) is 47.6 Å². The van der Waals surface area contributed by atoms with E-state index in [1.54, 1.807) is 37.9 Å². The molecule has 5 amide bonds. The second-order valence-electron chi connectivity index (χ2n) is 16.3. The molecule has 0 radical (unpaired) electrons. The maximum Gasteiger partial charge on any atom is 0.410 e. The van der Waals surface area contributed by atoms with E-state index >= 15 is 0 Å². The molecule has 3 rings (SSSR count). The van der Waals surface area contributed by atoms with Gasteiger partial charge in [0.15, 0.2) is 0 Å². The molecule has 15 heteroatoms. The van der Waals surface area contributed by atoms with Gasteiger partial charge in [-0.1, -0.05) is 83.5 Å². The van der Waals surface area contributed by atoms with Crippen molar-refractivity contribution in [2.45, 2.75) is 116 Å². The van der Waals surface area contributed by atoms with Crippen LogP contribution in [0.15, 0.2) is 54.6 Å². The van der Waals surface area contributed by atoms with Crippen LogP contribution in [0.25, 0.3) is 0 Å². The summed E-state index contributed by atoms with van der Waals surface area (Å²) >= 11 is 0. The summed E-state index contributed by atoms with van der Waals surface area (Å²) in [5, 5.41) is 19.5. The summed E-state index contributed by atoms with van der Waals surface area (Å²) in [5.41, 5.74) is 2.41. The molecule has 9 atom stereocenters. The number of rotatable bonds is 22. The van der Waals surface area contributed by atoms with Crippen LogP contribution in [-0.2, 0) is 40.0 Å². The molecule has 1 aliphatic heterocycles. The summed E-state index contributed by atoms with van der Waals surface area (Å²) in [6.07, 6.45) is -0.819. The largest absolute Gasteiger partial charge is 0.445 e. The standard InChI is InChI=1S/C45H70N6O9/c1-12-29(4)40(49(8)38(53)26-47-44(56)39(28(2)3)50(9)45(57)60-27-32-20-22-34(46-7)23-21-32)36(58-10)25-37(52)51-24-16-19-35(51)42(59-11)30(5)43(55)48-31(6)41(54)33-17-14-13-15-18-33/h13-15,17-18,20-23,28-31,35-36,39-42,46,54H,12,16,19,24-27H2,1-11H3,(H,47,56)(H,48,55)/t29-,30+,31+,35-,36?,39?,40?,41+,42+/m0/s1. The van der Waals surface area contributed by atoms with Gasteiger partial charge in [0.2, 0.25) is 23.6 Å². The fraction of sp³-hybridized carbons (Fsp3) is 0.622. The second kappa shape index (κ2) is 23.9. The molecule has 334 valence electrons. The molecule has 0 aliphatic carbocycles. The van der Waals surface area contributed by atoms with Crippen LogP contribution >= 0.6 is 0 Å². The minimum absolute atomic E-state index is 0.0226. The van der Waals surface area contributed by atoms with Crippen molar-refractivity contribution in [2.75, 3.05) is 53.8 Å². The van der Waals surface area contributed by atoms with Crippen molar-refractivity contribution in [1.29, 1.82) is 0 Å². The van der Waals surface area contributed by atoms with Crippen LogP contribution in [0.5, 0.6) is 0 Å². The first-order valence-electron chi connectivity index (χ1n) is 21.1. The zero-order valence-corrected chi connectivity index (χ0v) is 37.5. The quantitative estimate of drug-likeness (QED) is 0.131.